The summed E-state index contributed by atoms with van der Waals surface area (Å²) < 4.78 is 0. The summed E-state index contributed by atoms with van der Waals surface area (Å²) in [4.78, 5) is 5.06. The Morgan fingerprint density at radius 1 is 0.667 bits per heavy atom. The highest BCUT2D eigenvalue weighted by Gasteiger charge is 2.26. The van der Waals surface area contributed by atoms with Crippen molar-refractivity contribution in [2.45, 2.75) is 103 Å². The molecule has 0 N–H and O–H groups in total. The number of hydrogen-bond donors (Lipinski definition) is 0. The number of unbranched alkanes of at least 4 members (excludes halogenated alkanes) is 10. The van der Waals surface area contributed by atoms with Crippen LogP contribution >= 0.6 is 0 Å². The normalized spacial score (nSPS) is 16.4. The van der Waals surface area contributed by atoms with Crippen molar-refractivity contribution < 1.29 is 0 Å². The van der Waals surface area contributed by atoms with Crippen LogP contribution in [0.4, 0.5) is 5.69 Å². The average molecular weight is 371 g/mol. The van der Waals surface area contributed by atoms with E-state index in [0.717, 1.165) is 0 Å². The van der Waals surface area contributed by atoms with E-state index < -0.39 is 0 Å². The van der Waals surface area contributed by atoms with Gasteiger partial charge in [0.1, 0.15) is 6.17 Å². The van der Waals surface area contributed by atoms with Gasteiger partial charge in [0.05, 0.1) is 0 Å². The third-order valence-electron chi connectivity index (χ3n) is 5.76. The van der Waals surface area contributed by atoms with Crippen molar-refractivity contribution in [3.8, 4) is 0 Å². The Morgan fingerprint density at radius 3 is 1.93 bits per heavy atom. The molecule has 1 heterocycles. The predicted octanol–water partition coefficient (Wildman–Crippen LogP) is 7.72. The summed E-state index contributed by atoms with van der Waals surface area (Å²) in [6.07, 6.45) is 23.0. The van der Waals surface area contributed by atoms with E-state index >= 15 is 0 Å². The first-order chi connectivity index (χ1) is 13.4. The zero-order valence-electron chi connectivity index (χ0n) is 17.9. The smallest absolute Gasteiger partial charge is 0.105 e. The van der Waals surface area contributed by atoms with Gasteiger partial charge in [0.25, 0.3) is 0 Å². The van der Waals surface area contributed by atoms with E-state index in [0.29, 0.717) is 6.17 Å². The van der Waals surface area contributed by atoms with Gasteiger partial charge in [-0.05, 0) is 31.4 Å². The van der Waals surface area contributed by atoms with Crippen LogP contribution < -0.4 is 4.90 Å². The fourth-order valence-corrected chi connectivity index (χ4v) is 4.08. The van der Waals surface area contributed by atoms with Crippen LogP contribution in [0.3, 0.4) is 0 Å². The van der Waals surface area contributed by atoms with Gasteiger partial charge >= 0.3 is 0 Å². The first-order valence-electron chi connectivity index (χ1n) is 11.6. The second kappa shape index (κ2) is 13.7. The molecule has 152 valence electrons. The van der Waals surface area contributed by atoms with Crippen LogP contribution in [0.5, 0.6) is 0 Å². The van der Waals surface area contributed by atoms with Gasteiger partial charge in [0.2, 0.25) is 0 Å². The van der Waals surface area contributed by atoms with E-state index in [2.05, 4.69) is 66.4 Å². The van der Waals surface area contributed by atoms with Crippen molar-refractivity contribution in [2.75, 3.05) is 11.4 Å². The topological polar surface area (TPSA) is 6.48 Å². The van der Waals surface area contributed by atoms with Gasteiger partial charge in [-0.1, -0.05) is 96.3 Å². The minimum Gasteiger partial charge on any atom is -0.356 e. The molecule has 0 spiro atoms. The molecule has 0 bridgehead atoms. The first-order valence-corrected chi connectivity index (χ1v) is 11.6. The number of nitrogens with zero attached hydrogens (tertiary/aromatic N) is 2. The lowest BCUT2D eigenvalue weighted by atomic mass is 10.1. The third kappa shape index (κ3) is 7.99. The summed E-state index contributed by atoms with van der Waals surface area (Å²) in [6, 6.07) is 10.9. The molecule has 1 unspecified atom stereocenters. The van der Waals surface area contributed by atoms with Gasteiger partial charge in [-0.25, -0.2) is 0 Å². The van der Waals surface area contributed by atoms with E-state index in [1.165, 1.54) is 95.7 Å². The Kier molecular flexibility index (Phi) is 11.1. The summed E-state index contributed by atoms with van der Waals surface area (Å²) in [5.41, 5.74) is 1.33. The standard InChI is InChI=1S/C25H42N2/c1-3-5-7-8-9-10-11-12-16-20-25-26(21-17-6-4-2)22-23-27(25)24-18-14-13-15-19-24/h13-15,18-19,22-23,25H,3-12,16-17,20-21H2,1-2H3. The van der Waals surface area contributed by atoms with Crippen molar-refractivity contribution >= 4 is 5.69 Å². The molecule has 2 rings (SSSR count). The lowest BCUT2D eigenvalue weighted by Gasteiger charge is -2.33. The fourth-order valence-electron chi connectivity index (χ4n) is 4.08. The van der Waals surface area contributed by atoms with E-state index in [-0.39, 0.29) is 0 Å². The predicted molar refractivity (Wildman–Crippen MR) is 120 cm³/mol. The molecule has 1 aromatic carbocycles. The van der Waals surface area contributed by atoms with Gasteiger partial charge < -0.3 is 9.80 Å². The number of benzene rings is 1. The quantitative estimate of drug-likeness (QED) is 0.292. The van der Waals surface area contributed by atoms with Crippen LogP contribution in [0.2, 0.25) is 0 Å². The van der Waals surface area contributed by atoms with Crippen molar-refractivity contribution in [3.63, 3.8) is 0 Å². The van der Waals surface area contributed by atoms with Crippen LogP contribution in [-0.4, -0.2) is 17.6 Å². The summed E-state index contributed by atoms with van der Waals surface area (Å²) in [6.45, 7) is 5.77. The Morgan fingerprint density at radius 2 is 1.26 bits per heavy atom. The van der Waals surface area contributed by atoms with E-state index in [9.17, 15) is 0 Å². The highest BCUT2D eigenvalue weighted by Crippen LogP contribution is 2.28. The summed E-state index contributed by atoms with van der Waals surface area (Å²) in [5.74, 6) is 0. The molecule has 1 atom stereocenters. The molecule has 0 aliphatic carbocycles. The Hall–Kier alpha value is -1.44. The van der Waals surface area contributed by atoms with E-state index in [4.69, 9.17) is 0 Å². The number of para-hydroxylation sites is 1. The molecule has 0 saturated carbocycles. The lowest BCUT2D eigenvalue weighted by molar-refractivity contribution is 0.274. The molecular weight excluding hydrogens is 328 g/mol. The molecule has 0 amide bonds. The van der Waals surface area contributed by atoms with Crippen LogP contribution in [0, 0.1) is 0 Å². The maximum atomic E-state index is 2.58. The van der Waals surface area contributed by atoms with Crippen LogP contribution in [0.25, 0.3) is 0 Å². The monoisotopic (exact) mass is 370 g/mol. The molecule has 1 aliphatic heterocycles. The molecule has 0 saturated heterocycles. The molecule has 1 aliphatic rings. The largest absolute Gasteiger partial charge is 0.356 e. The van der Waals surface area contributed by atoms with Crippen molar-refractivity contribution in [2.24, 2.45) is 0 Å². The average Bonchev–Trinajstić information content (AvgIpc) is 3.10. The molecule has 1 aromatic rings. The Bertz CT molecular complexity index is 496. The maximum Gasteiger partial charge on any atom is 0.105 e. The Balaban J connectivity index is 1.74. The van der Waals surface area contributed by atoms with Gasteiger partial charge in [-0.15, -0.1) is 0 Å². The van der Waals surface area contributed by atoms with Crippen molar-refractivity contribution in [1.82, 2.24) is 4.90 Å². The minimum absolute atomic E-state index is 0.508. The highest BCUT2D eigenvalue weighted by molar-refractivity contribution is 5.51. The molecule has 2 nitrogen and oxygen atoms in total. The molecule has 0 fully saturated rings. The van der Waals surface area contributed by atoms with Crippen LogP contribution in [-0.2, 0) is 0 Å². The summed E-state index contributed by atoms with van der Waals surface area (Å²) in [7, 11) is 0. The van der Waals surface area contributed by atoms with Crippen molar-refractivity contribution in [3.05, 3.63) is 42.7 Å². The second-order valence-corrected chi connectivity index (χ2v) is 8.08. The Labute approximate surface area is 168 Å². The van der Waals surface area contributed by atoms with Crippen LogP contribution in [0.1, 0.15) is 97.3 Å². The lowest BCUT2D eigenvalue weighted by Crippen LogP contribution is -2.39. The zero-order valence-corrected chi connectivity index (χ0v) is 17.9. The minimum atomic E-state index is 0.508. The summed E-state index contributed by atoms with van der Waals surface area (Å²) >= 11 is 0. The molecule has 27 heavy (non-hydrogen) atoms. The molecule has 0 aromatic heterocycles. The fraction of sp³-hybridized carbons (Fsp3) is 0.680. The van der Waals surface area contributed by atoms with E-state index in [1.54, 1.807) is 0 Å². The third-order valence-corrected chi connectivity index (χ3v) is 5.76. The zero-order chi connectivity index (χ0) is 19.2. The molecule has 0 radical (unpaired) electrons. The van der Waals surface area contributed by atoms with Gasteiger partial charge in [0.15, 0.2) is 0 Å². The number of anilines is 1. The van der Waals surface area contributed by atoms with Gasteiger partial charge in [0, 0.05) is 24.6 Å². The first kappa shape index (κ1) is 21.9. The number of hydrogen-bond acceptors (Lipinski definition) is 2. The van der Waals surface area contributed by atoms with Gasteiger partial charge in [-0.3, -0.25) is 0 Å². The SMILES string of the molecule is CCCCCCCCCCCC1N(CCCCC)C=CN1c1ccccc1. The maximum absolute atomic E-state index is 2.58. The number of rotatable bonds is 15. The second-order valence-electron chi connectivity index (χ2n) is 8.08. The molecule has 2 heteroatoms. The molecular formula is C25H42N2. The van der Waals surface area contributed by atoms with Crippen molar-refractivity contribution in [1.29, 1.82) is 0 Å². The van der Waals surface area contributed by atoms with Crippen LogP contribution in [0.15, 0.2) is 42.7 Å². The highest BCUT2D eigenvalue weighted by atomic mass is 15.4. The van der Waals surface area contributed by atoms with E-state index in [1.807, 2.05) is 0 Å². The van der Waals surface area contributed by atoms with Gasteiger partial charge in [-0.2, -0.15) is 0 Å². The summed E-state index contributed by atoms with van der Waals surface area (Å²) in [5, 5.41) is 0.